The first kappa shape index (κ1) is 11.4. The lowest BCUT2D eigenvalue weighted by molar-refractivity contribution is -0.0326. The van der Waals surface area contributed by atoms with Crippen molar-refractivity contribution in [3.63, 3.8) is 0 Å². The second-order valence-electron chi connectivity index (χ2n) is 3.91. The fourth-order valence-electron chi connectivity index (χ4n) is 1.78. The van der Waals surface area contributed by atoms with E-state index in [1.807, 2.05) is 0 Å². The standard InChI is InChI=1S/C11H18N4O/c1-2-15-3-4-16-10(8-15)11-13-6-9(5-12)7-14-11/h6-7,10H,2-5,8,12H2,1H3. The number of ether oxygens (including phenoxy) is 1. The molecule has 1 fully saturated rings. The van der Waals surface area contributed by atoms with Crippen LogP contribution in [0.5, 0.6) is 0 Å². The maximum atomic E-state index is 5.67. The van der Waals surface area contributed by atoms with E-state index in [9.17, 15) is 0 Å². The summed E-state index contributed by atoms with van der Waals surface area (Å²) in [5, 5.41) is 0. The first-order chi connectivity index (χ1) is 7.83. The van der Waals surface area contributed by atoms with Gasteiger partial charge < -0.3 is 10.5 Å². The first-order valence-electron chi connectivity index (χ1n) is 5.68. The highest BCUT2D eigenvalue weighted by atomic mass is 16.5. The number of likely N-dealkylation sites (N-methyl/N-ethyl adjacent to an activating group) is 1. The molecule has 2 heterocycles. The van der Waals surface area contributed by atoms with Gasteiger partial charge in [-0.05, 0) is 6.54 Å². The van der Waals surface area contributed by atoms with Crippen LogP contribution in [0.25, 0.3) is 0 Å². The molecule has 1 aromatic rings. The third-order valence-electron chi connectivity index (χ3n) is 2.85. The van der Waals surface area contributed by atoms with Crippen molar-refractivity contribution in [2.75, 3.05) is 26.2 Å². The molecular formula is C11H18N4O. The molecule has 1 saturated heterocycles. The quantitative estimate of drug-likeness (QED) is 0.798. The second kappa shape index (κ2) is 5.34. The monoisotopic (exact) mass is 222 g/mol. The van der Waals surface area contributed by atoms with Gasteiger partial charge in [-0.3, -0.25) is 4.90 Å². The van der Waals surface area contributed by atoms with Crippen LogP contribution in [-0.2, 0) is 11.3 Å². The lowest BCUT2D eigenvalue weighted by atomic mass is 10.2. The van der Waals surface area contributed by atoms with E-state index in [1.165, 1.54) is 0 Å². The van der Waals surface area contributed by atoms with Crippen molar-refractivity contribution >= 4 is 0 Å². The highest BCUT2D eigenvalue weighted by Gasteiger charge is 2.22. The summed E-state index contributed by atoms with van der Waals surface area (Å²) in [4.78, 5) is 10.9. The number of aromatic nitrogens is 2. The van der Waals surface area contributed by atoms with Crippen LogP contribution in [0.1, 0.15) is 24.4 Å². The topological polar surface area (TPSA) is 64.3 Å². The Bertz CT molecular complexity index is 327. The van der Waals surface area contributed by atoms with E-state index in [1.54, 1.807) is 12.4 Å². The SMILES string of the molecule is CCN1CCOC(c2ncc(CN)cn2)C1. The lowest BCUT2D eigenvalue weighted by Gasteiger charge is -2.31. The van der Waals surface area contributed by atoms with Crippen molar-refractivity contribution < 1.29 is 4.74 Å². The van der Waals surface area contributed by atoms with Gasteiger partial charge in [0, 0.05) is 37.6 Å². The normalized spacial score (nSPS) is 22.2. The molecule has 1 unspecified atom stereocenters. The summed E-state index contributed by atoms with van der Waals surface area (Å²) in [7, 11) is 0. The van der Waals surface area contributed by atoms with E-state index >= 15 is 0 Å². The van der Waals surface area contributed by atoms with Crippen LogP contribution in [0.4, 0.5) is 0 Å². The van der Waals surface area contributed by atoms with Crippen LogP contribution < -0.4 is 5.73 Å². The third kappa shape index (κ3) is 2.55. The predicted octanol–water partition coefficient (Wildman–Crippen LogP) is 0.329. The average Bonchev–Trinajstić information content (AvgIpc) is 2.39. The molecular weight excluding hydrogens is 204 g/mol. The molecule has 0 radical (unpaired) electrons. The molecule has 88 valence electrons. The van der Waals surface area contributed by atoms with Crippen molar-refractivity contribution in [1.29, 1.82) is 0 Å². The highest BCUT2D eigenvalue weighted by Crippen LogP contribution is 2.18. The van der Waals surface area contributed by atoms with Gasteiger partial charge in [0.15, 0.2) is 5.82 Å². The number of nitrogens with zero attached hydrogens (tertiary/aromatic N) is 3. The number of hydrogen-bond donors (Lipinski definition) is 1. The molecule has 0 aliphatic carbocycles. The van der Waals surface area contributed by atoms with E-state index in [-0.39, 0.29) is 6.10 Å². The maximum Gasteiger partial charge on any atom is 0.158 e. The fraction of sp³-hybridized carbons (Fsp3) is 0.636. The second-order valence-corrected chi connectivity index (χ2v) is 3.91. The molecule has 0 aromatic carbocycles. The molecule has 16 heavy (non-hydrogen) atoms. The summed E-state index contributed by atoms with van der Waals surface area (Å²) in [5.74, 6) is 0.760. The Morgan fingerprint density at radius 2 is 2.25 bits per heavy atom. The Morgan fingerprint density at radius 3 is 2.88 bits per heavy atom. The Balaban J connectivity index is 2.05. The minimum atomic E-state index is 0.000486. The number of hydrogen-bond acceptors (Lipinski definition) is 5. The summed E-state index contributed by atoms with van der Waals surface area (Å²) in [5.41, 5.74) is 6.45. The van der Waals surface area contributed by atoms with Crippen LogP contribution in [0.3, 0.4) is 0 Å². The van der Waals surface area contributed by atoms with Crippen LogP contribution in [-0.4, -0.2) is 41.1 Å². The van der Waals surface area contributed by atoms with Gasteiger partial charge in [0.25, 0.3) is 0 Å². The summed E-state index contributed by atoms with van der Waals surface area (Å²) in [6.07, 6.45) is 3.55. The zero-order valence-electron chi connectivity index (χ0n) is 9.59. The molecule has 5 nitrogen and oxygen atoms in total. The van der Waals surface area contributed by atoms with Gasteiger partial charge in [-0.25, -0.2) is 9.97 Å². The fourth-order valence-corrected chi connectivity index (χ4v) is 1.78. The summed E-state index contributed by atoms with van der Waals surface area (Å²) >= 11 is 0. The van der Waals surface area contributed by atoms with Gasteiger partial charge in [-0.2, -0.15) is 0 Å². The zero-order valence-corrected chi connectivity index (χ0v) is 9.59. The molecule has 2 N–H and O–H groups in total. The molecule has 5 heteroatoms. The summed E-state index contributed by atoms with van der Waals surface area (Å²) < 4.78 is 5.67. The molecule has 1 aliphatic rings. The van der Waals surface area contributed by atoms with Crippen molar-refractivity contribution in [3.8, 4) is 0 Å². The van der Waals surface area contributed by atoms with Crippen molar-refractivity contribution in [3.05, 3.63) is 23.8 Å². The summed E-state index contributed by atoms with van der Waals surface area (Å²) in [6.45, 7) is 6.29. The maximum absolute atomic E-state index is 5.67. The summed E-state index contributed by atoms with van der Waals surface area (Å²) in [6, 6.07) is 0. The van der Waals surface area contributed by atoms with Crippen LogP contribution in [0.15, 0.2) is 12.4 Å². The Labute approximate surface area is 95.6 Å². The van der Waals surface area contributed by atoms with E-state index in [4.69, 9.17) is 10.5 Å². The van der Waals surface area contributed by atoms with Crippen molar-refractivity contribution in [1.82, 2.24) is 14.9 Å². The molecule has 1 atom stereocenters. The Hall–Kier alpha value is -1.04. The largest absolute Gasteiger partial charge is 0.368 e. The van der Waals surface area contributed by atoms with E-state index in [0.29, 0.717) is 6.54 Å². The van der Waals surface area contributed by atoms with Gasteiger partial charge >= 0.3 is 0 Å². The van der Waals surface area contributed by atoms with Crippen molar-refractivity contribution in [2.45, 2.75) is 19.6 Å². The van der Waals surface area contributed by atoms with E-state index < -0.39 is 0 Å². The van der Waals surface area contributed by atoms with Crippen LogP contribution >= 0.6 is 0 Å². The predicted molar refractivity (Wildman–Crippen MR) is 60.7 cm³/mol. The molecule has 1 aliphatic heterocycles. The molecule has 0 saturated carbocycles. The van der Waals surface area contributed by atoms with Gasteiger partial charge in [0.05, 0.1) is 6.61 Å². The minimum Gasteiger partial charge on any atom is -0.368 e. The molecule has 0 bridgehead atoms. The average molecular weight is 222 g/mol. The zero-order chi connectivity index (χ0) is 11.4. The van der Waals surface area contributed by atoms with Crippen LogP contribution in [0, 0.1) is 0 Å². The first-order valence-corrected chi connectivity index (χ1v) is 5.68. The lowest BCUT2D eigenvalue weighted by Crippen LogP contribution is -2.38. The van der Waals surface area contributed by atoms with E-state index in [0.717, 1.165) is 37.6 Å². The van der Waals surface area contributed by atoms with E-state index in [2.05, 4.69) is 21.8 Å². The number of rotatable bonds is 3. The molecule has 2 rings (SSSR count). The highest BCUT2D eigenvalue weighted by molar-refractivity contribution is 5.06. The van der Waals surface area contributed by atoms with Crippen LogP contribution in [0.2, 0.25) is 0 Å². The number of morpholine rings is 1. The van der Waals surface area contributed by atoms with Crippen molar-refractivity contribution in [2.24, 2.45) is 5.73 Å². The third-order valence-corrected chi connectivity index (χ3v) is 2.85. The minimum absolute atomic E-state index is 0.000486. The Kier molecular flexibility index (Phi) is 3.82. The Morgan fingerprint density at radius 1 is 1.50 bits per heavy atom. The number of nitrogens with two attached hydrogens (primary N) is 1. The smallest absolute Gasteiger partial charge is 0.158 e. The van der Waals surface area contributed by atoms with Gasteiger partial charge in [-0.1, -0.05) is 6.92 Å². The molecule has 0 amide bonds. The van der Waals surface area contributed by atoms with Gasteiger partial charge in [0.1, 0.15) is 6.10 Å². The molecule has 1 aromatic heterocycles. The van der Waals surface area contributed by atoms with Gasteiger partial charge in [0.2, 0.25) is 0 Å². The molecule has 0 spiro atoms. The van der Waals surface area contributed by atoms with Gasteiger partial charge in [-0.15, -0.1) is 0 Å².